The van der Waals surface area contributed by atoms with E-state index in [1.165, 1.54) is 9.47 Å². The standard InChI is InChI=1S/C21H26N4O5/c1-2-3-11-24(16(26)13-30-20(28)15-9-10-15)17-18(22)25(21(29)23-19(17)27)12-14-7-5-4-6-8-14/h4-8,15H,2-3,9-13,22H2,1H3,(H,23,27,29). The molecule has 1 saturated carbocycles. The van der Waals surface area contributed by atoms with Crippen LogP contribution in [0.2, 0.25) is 0 Å². The zero-order chi connectivity index (χ0) is 21.7. The molecule has 0 unspecified atom stereocenters. The maximum absolute atomic E-state index is 12.8. The first kappa shape index (κ1) is 21.4. The Balaban J connectivity index is 1.92. The summed E-state index contributed by atoms with van der Waals surface area (Å²) >= 11 is 0. The van der Waals surface area contributed by atoms with Crippen molar-refractivity contribution in [2.24, 2.45) is 5.92 Å². The third-order valence-corrected chi connectivity index (χ3v) is 4.95. The highest BCUT2D eigenvalue weighted by Gasteiger charge is 2.32. The summed E-state index contributed by atoms with van der Waals surface area (Å²) in [5.74, 6) is -1.21. The molecule has 2 aromatic rings. The van der Waals surface area contributed by atoms with Crippen LogP contribution in [0.25, 0.3) is 0 Å². The Bertz CT molecular complexity index is 1020. The number of nitrogen functional groups attached to an aromatic ring is 1. The normalized spacial score (nSPS) is 13.1. The first-order valence-electron chi connectivity index (χ1n) is 10.1. The van der Waals surface area contributed by atoms with Crippen LogP contribution < -0.4 is 21.9 Å². The number of unbranched alkanes of at least 4 members (excludes halogenated alkanes) is 1. The number of carbonyl (C=O) groups is 2. The lowest BCUT2D eigenvalue weighted by atomic mass is 10.2. The highest BCUT2D eigenvalue weighted by molar-refractivity contribution is 5.97. The molecule has 0 spiro atoms. The molecule has 0 aliphatic heterocycles. The van der Waals surface area contributed by atoms with Gasteiger partial charge in [0.2, 0.25) is 0 Å². The molecule has 30 heavy (non-hydrogen) atoms. The lowest BCUT2D eigenvalue weighted by Crippen LogP contribution is -2.43. The molecular weight excluding hydrogens is 388 g/mol. The van der Waals surface area contributed by atoms with Crippen molar-refractivity contribution < 1.29 is 14.3 Å². The molecule has 1 aromatic carbocycles. The highest BCUT2D eigenvalue weighted by atomic mass is 16.5. The van der Waals surface area contributed by atoms with E-state index in [-0.39, 0.29) is 30.5 Å². The van der Waals surface area contributed by atoms with E-state index in [1.54, 1.807) is 0 Å². The fraction of sp³-hybridized carbons (Fsp3) is 0.429. The van der Waals surface area contributed by atoms with Gasteiger partial charge < -0.3 is 15.4 Å². The number of ether oxygens (including phenoxy) is 1. The lowest BCUT2D eigenvalue weighted by Gasteiger charge is -2.24. The first-order valence-corrected chi connectivity index (χ1v) is 10.1. The predicted molar refractivity (Wildman–Crippen MR) is 112 cm³/mol. The molecular formula is C21H26N4O5. The van der Waals surface area contributed by atoms with Crippen molar-refractivity contribution in [2.75, 3.05) is 23.8 Å². The number of amides is 1. The number of aromatic amines is 1. The van der Waals surface area contributed by atoms with Crippen molar-refractivity contribution in [3.63, 3.8) is 0 Å². The van der Waals surface area contributed by atoms with E-state index in [0.717, 1.165) is 24.8 Å². The van der Waals surface area contributed by atoms with Gasteiger partial charge in [0.05, 0.1) is 12.5 Å². The van der Waals surface area contributed by atoms with Gasteiger partial charge >= 0.3 is 11.7 Å². The summed E-state index contributed by atoms with van der Waals surface area (Å²) in [6, 6.07) is 9.16. The Kier molecular flexibility index (Phi) is 6.71. The van der Waals surface area contributed by atoms with Gasteiger partial charge in [-0.05, 0) is 24.8 Å². The SMILES string of the molecule is CCCCN(C(=O)COC(=O)C1CC1)c1c(N)n(Cc2ccccc2)c(=O)[nH]c1=O. The number of hydrogen-bond donors (Lipinski definition) is 2. The van der Waals surface area contributed by atoms with Gasteiger partial charge in [-0.2, -0.15) is 0 Å². The van der Waals surface area contributed by atoms with E-state index in [1.807, 2.05) is 37.3 Å². The van der Waals surface area contributed by atoms with Crippen molar-refractivity contribution >= 4 is 23.4 Å². The molecule has 0 bridgehead atoms. The summed E-state index contributed by atoms with van der Waals surface area (Å²) in [6.45, 7) is 1.82. The molecule has 3 N–H and O–H groups in total. The molecule has 1 aliphatic rings. The Hall–Kier alpha value is -3.36. The number of benzene rings is 1. The van der Waals surface area contributed by atoms with Crippen LogP contribution in [0.5, 0.6) is 0 Å². The summed E-state index contributed by atoms with van der Waals surface area (Å²) in [5, 5.41) is 0. The monoisotopic (exact) mass is 414 g/mol. The molecule has 0 atom stereocenters. The number of rotatable bonds is 9. The summed E-state index contributed by atoms with van der Waals surface area (Å²) in [5.41, 5.74) is 5.50. The quantitative estimate of drug-likeness (QED) is 0.595. The van der Waals surface area contributed by atoms with Gasteiger partial charge in [0.25, 0.3) is 11.5 Å². The van der Waals surface area contributed by atoms with Gasteiger partial charge in [-0.3, -0.25) is 23.9 Å². The average molecular weight is 414 g/mol. The van der Waals surface area contributed by atoms with Crippen LogP contribution in [0, 0.1) is 5.92 Å². The van der Waals surface area contributed by atoms with Gasteiger partial charge in [0, 0.05) is 6.54 Å². The Labute approximate surface area is 173 Å². The van der Waals surface area contributed by atoms with E-state index in [2.05, 4.69) is 4.98 Å². The first-order chi connectivity index (χ1) is 14.4. The van der Waals surface area contributed by atoms with Crippen LogP contribution in [-0.4, -0.2) is 34.6 Å². The fourth-order valence-corrected chi connectivity index (χ4v) is 3.09. The number of carbonyl (C=O) groups excluding carboxylic acids is 2. The van der Waals surface area contributed by atoms with Crippen LogP contribution in [-0.2, 0) is 20.9 Å². The van der Waals surface area contributed by atoms with Crippen LogP contribution >= 0.6 is 0 Å². The van der Waals surface area contributed by atoms with Crippen LogP contribution in [0.3, 0.4) is 0 Å². The van der Waals surface area contributed by atoms with Gasteiger partial charge in [-0.1, -0.05) is 43.7 Å². The molecule has 1 aliphatic carbocycles. The van der Waals surface area contributed by atoms with Crippen molar-refractivity contribution in [2.45, 2.75) is 39.2 Å². The topological polar surface area (TPSA) is 127 Å². The minimum absolute atomic E-state index is 0.105. The number of nitrogens with two attached hydrogens (primary N) is 1. The third-order valence-electron chi connectivity index (χ3n) is 4.95. The average Bonchev–Trinajstić information content (AvgIpc) is 3.57. The molecule has 1 heterocycles. The Morgan fingerprint density at radius 2 is 1.93 bits per heavy atom. The van der Waals surface area contributed by atoms with E-state index >= 15 is 0 Å². The molecule has 9 heteroatoms. The van der Waals surface area contributed by atoms with E-state index in [4.69, 9.17) is 10.5 Å². The van der Waals surface area contributed by atoms with Crippen molar-refractivity contribution in [3.8, 4) is 0 Å². The smallest absolute Gasteiger partial charge is 0.330 e. The zero-order valence-electron chi connectivity index (χ0n) is 16.9. The lowest BCUT2D eigenvalue weighted by molar-refractivity contribution is -0.149. The van der Waals surface area contributed by atoms with E-state index in [9.17, 15) is 19.2 Å². The number of aromatic nitrogens is 2. The maximum Gasteiger partial charge on any atom is 0.330 e. The number of nitrogens with zero attached hydrogens (tertiary/aromatic N) is 2. The largest absolute Gasteiger partial charge is 0.455 e. The summed E-state index contributed by atoms with van der Waals surface area (Å²) in [4.78, 5) is 53.0. The number of esters is 1. The summed E-state index contributed by atoms with van der Waals surface area (Å²) < 4.78 is 6.30. The van der Waals surface area contributed by atoms with Gasteiger partial charge in [-0.25, -0.2) is 4.79 Å². The molecule has 160 valence electrons. The van der Waals surface area contributed by atoms with Gasteiger partial charge in [0.1, 0.15) is 5.82 Å². The fourth-order valence-electron chi connectivity index (χ4n) is 3.09. The number of anilines is 2. The molecule has 9 nitrogen and oxygen atoms in total. The van der Waals surface area contributed by atoms with Gasteiger partial charge in [0.15, 0.2) is 12.3 Å². The molecule has 1 amide bonds. The molecule has 0 saturated heterocycles. The zero-order valence-corrected chi connectivity index (χ0v) is 16.9. The Morgan fingerprint density at radius 3 is 2.57 bits per heavy atom. The van der Waals surface area contributed by atoms with E-state index in [0.29, 0.717) is 6.42 Å². The molecule has 1 fully saturated rings. The molecule has 3 rings (SSSR count). The van der Waals surface area contributed by atoms with Crippen LogP contribution in [0.15, 0.2) is 39.9 Å². The number of H-pyrrole nitrogens is 1. The maximum atomic E-state index is 12.8. The van der Waals surface area contributed by atoms with Crippen molar-refractivity contribution in [1.29, 1.82) is 0 Å². The minimum Gasteiger partial charge on any atom is -0.455 e. The molecule has 1 aromatic heterocycles. The minimum atomic E-state index is -0.750. The number of nitrogens with one attached hydrogen (secondary N) is 1. The Morgan fingerprint density at radius 1 is 1.23 bits per heavy atom. The second-order valence-electron chi connectivity index (χ2n) is 7.35. The second-order valence-corrected chi connectivity index (χ2v) is 7.35. The summed E-state index contributed by atoms with van der Waals surface area (Å²) in [6.07, 6.45) is 2.92. The van der Waals surface area contributed by atoms with Crippen molar-refractivity contribution in [3.05, 3.63) is 56.7 Å². The van der Waals surface area contributed by atoms with E-state index < -0.39 is 29.7 Å². The summed E-state index contributed by atoms with van der Waals surface area (Å²) in [7, 11) is 0. The van der Waals surface area contributed by atoms with Crippen LogP contribution in [0.4, 0.5) is 11.5 Å². The third kappa shape index (κ3) is 4.97. The van der Waals surface area contributed by atoms with Crippen LogP contribution in [0.1, 0.15) is 38.2 Å². The highest BCUT2D eigenvalue weighted by Crippen LogP contribution is 2.30. The van der Waals surface area contributed by atoms with Gasteiger partial charge in [-0.15, -0.1) is 0 Å². The number of hydrogen-bond acceptors (Lipinski definition) is 6. The predicted octanol–water partition coefficient (Wildman–Crippen LogP) is 1.25. The van der Waals surface area contributed by atoms with Crippen molar-refractivity contribution in [1.82, 2.24) is 9.55 Å². The molecule has 0 radical (unpaired) electrons. The second kappa shape index (κ2) is 9.43.